The maximum Gasteiger partial charge on any atom is 0.270 e. The number of piperidine rings is 1. The first-order valence-corrected chi connectivity index (χ1v) is 9.17. The van der Waals surface area contributed by atoms with E-state index in [0.717, 1.165) is 44.1 Å². The van der Waals surface area contributed by atoms with Gasteiger partial charge in [0.25, 0.3) is 5.91 Å². The molecule has 2 saturated heterocycles. The van der Waals surface area contributed by atoms with Crippen LogP contribution in [0.15, 0.2) is 36.8 Å². The number of nitrogens with zero attached hydrogens (tertiary/aromatic N) is 5. The van der Waals surface area contributed by atoms with Crippen LogP contribution in [-0.2, 0) is 11.8 Å². The molecule has 1 amide bonds. The molecule has 26 heavy (non-hydrogen) atoms. The van der Waals surface area contributed by atoms with Gasteiger partial charge in [-0.15, -0.1) is 0 Å². The molecule has 2 aliphatic rings. The Morgan fingerprint density at radius 1 is 1.19 bits per heavy atom. The molecule has 1 atom stereocenters. The van der Waals surface area contributed by atoms with Crippen LogP contribution in [0.4, 0.5) is 5.95 Å². The summed E-state index contributed by atoms with van der Waals surface area (Å²) in [5, 5.41) is 0. The van der Waals surface area contributed by atoms with Gasteiger partial charge in [-0.1, -0.05) is 0 Å². The molecule has 0 aromatic carbocycles. The molecule has 1 unspecified atom stereocenters. The van der Waals surface area contributed by atoms with Crippen LogP contribution in [0.25, 0.3) is 0 Å². The molecule has 4 heterocycles. The lowest BCUT2D eigenvalue weighted by molar-refractivity contribution is 0.0131. The number of ether oxygens (including phenoxy) is 1. The maximum atomic E-state index is 13.0. The van der Waals surface area contributed by atoms with Crippen molar-refractivity contribution in [2.45, 2.75) is 12.8 Å². The summed E-state index contributed by atoms with van der Waals surface area (Å²) in [7, 11) is 1.91. The van der Waals surface area contributed by atoms with E-state index in [0.29, 0.717) is 19.8 Å². The van der Waals surface area contributed by atoms with Gasteiger partial charge in [-0.05, 0) is 31.0 Å². The zero-order chi connectivity index (χ0) is 18.0. The first-order chi connectivity index (χ1) is 12.7. The molecule has 0 aliphatic carbocycles. The summed E-state index contributed by atoms with van der Waals surface area (Å²) in [6.07, 6.45) is 7.49. The van der Waals surface area contributed by atoms with Crippen LogP contribution in [0.2, 0.25) is 0 Å². The Hall–Kier alpha value is -2.41. The van der Waals surface area contributed by atoms with Gasteiger partial charge in [0.05, 0.1) is 13.2 Å². The molecule has 2 aromatic heterocycles. The summed E-state index contributed by atoms with van der Waals surface area (Å²) in [4.78, 5) is 26.0. The van der Waals surface area contributed by atoms with Crippen LogP contribution in [0.5, 0.6) is 0 Å². The summed E-state index contributed by atoms with van der Waals surface area (Å²) >= 11 is 0. The lowest BCUT2D eigenvalue weighted by Gasteiger charge is -2.43. The Morgan fingerprint density at radius 3 is 2.81 bits per heavy atom. The van der Waals surface area contributed by atoms with Crippen molar-refractivity contribution >= 4 is 11.9 Å². The van der Waals surface area contributed by atoms with E-state index in [1.54, 1.807) is 12.4 Å². The van der Waals surface area contributed by atoms with Crippen LogP contribution in [0.3, 0.4) is 0 Å². The number of aromatic nitrogens is 3. The largest absolute Gasteiger partial charge is 0.379 e. The number of likely N-dealkylation sites (tertiary alicyclic amines) is 1. The van der Waals surface area contributed by atoms with E-state index in [1.165, 1.54) is 0 Å². The summed E-state index contributed by atoms with van der Waals surface area (Å²) < 4.78 is 7.83. The van der Waals surface area contributed by atoms with Crippen molar-refractivity contribution in [3.8, 4) is 0 Å². The second-order valence-corrected chi connectivity index (χ2v) is 7.36. The second-order valence-electron chi connectivity index (χ2n) is 7.36. The lowest BCUT2D eigenvalue weighted by atomic mass is 9.80. The van der Waals surface area contributed by atoms with E-state index in [2.05, 4.69) is 14.9 Å². The lowest BCUT2D eigenvalue weighted by Crippen LogP contribution is -2.52. The van der Waals surface area contributed by atoms with Crippen LogP contribution >= 0.6 is 0 Å². The third-order valence-electron chi connectivity index (χ3n) is 5.39. The van der Waals surface area contributed by atoms with Gasteiger partial charge in [0.2, 0.25) is 5.95 Å². The summed E-state index contributed by atoms with van der Waals surface area (Å²) in [6.45, 7) is 4.43. The Labute approximate surface area is 153 Å². The number of carbonyl (C=O) groups excluding carboxylic acids is 1. The number of aryl methyl sites for hydroxylation is 1. The quantitative estimate of drug-likeness (QED) is 0.818. The highest BCUT2D eigenvalue weighted by Gasteiger charge is 2.41. The van der Waals surface area contributed by atoms with Crippen LogP contribution in [0, 0.1) is 5.41 Å². The van der Waals surface area contributed by atoms with Gasteiger partial charge in [0.1, 0.15) is 5.69 Å². The zero-order valence-corrected chi connectivity index (χ0v) is 15.2. The molecule has 138 valence electrons. The van der Waals surface area contributed by atoms with Crippen molar-refractivity contribution in [1.29, 1.82) is 0 Å². The fourth-order valence-electron chi connectivity index (χ4n) is 4.09. The molecule has 2 aliphatic heterocycles. The molecule has 4 rings (SSSR count). The predicted molar refractivity (Wildman–Crippen MR) is 98.0 cm³/mol. The highest BCUT2D eigenvalue weighted by Crippen LogP contribution is 2.34. The van der Waals surface area contributed by atoms with Gasteiger partial charge in [-0.2, -0.15) is 0 Å². The average molecular weight is 355 g/mol. The first kappa shape index (κ1) is 17.0. The molecular weight excluding hydrogens is 330 g/mol. The predicted octanol–water partition coefficient (Wildman–Crippen LogP) is 1.57. The van der Waals surface area contributed by atoms with E-state index in [9.17, 15) is 4.79 Å². The standard InChI is InChI=1S/C19H25N5O2/c1-22-9-2-5-16(22)17(25)23-10-3-6-19(13-23)14-24(11-12-26-15-19)18-20-7-4-8-21-18/h2,4-5,7-9H,3,6,10-15H2,1H3. The first-order valence-electron chi connectivity index (χ1n) is 9.17. The molecule has 2 fully saturated rings. The normalized spacial score (nSPS) is 23.9. The van der Waals surface area contributed by atoms with Crippen molar-refractivity contribution in [3.05, 3.63) is 42.5 Å². The van der Waals surface area contributed by atoms with Gasteiger partial charge in [0, 0.05) is 57.2 Å². The molecule has 2 aromatic rings. The third kappa shape index (κ3) is 3.31. The number of carbonyl (C=O) groups is 1. The fraction of sp³-hybridized carbons (Fsp3) is 0.526. The SMILES string of the molecule is Cn1cccc1C(=O)N1CCCC2(COCCN(c3ncccn3)C2)C1. The molecule has 0 bridgehead atoms. The van der Waals surface area contributed by atoms with Crippen molar-refractivity contribution in [1.82, 2.24) is 19.4 Å². The number of rotatable bonds is 2. The Balaban J connectivity index is 1.54. The van der Waals surface area contributed by atoms with E-state index in [4.69, 9.17) is 4.74 Å². The number of hydrogen-bond donors (Lipinski definition) is 0. The molecule has 7 nitrogen and oxygen atoms in total. The Bertz CT molecular complexity index is 762. The number of amides is 1. The van der Waals surface area contributed by atoms with Crippen LogP contribution in [-0.4, -0.2) is 64.7 Å². The minimum atomic E-state index is -0.0746. The topological polar surface area (TPSA) is 63.5 Å². The second kappa shape index (κ2) is 7.07. The monoisotopic (exact) mass is 355 g/mol. The van der Waals surface area contributed by atoms with E-state index in [-0.39, 0.29) is 11.3 Å². The number of hydrogen-bond acceptors (Lipinski definition) is 5. The zero-order valence-electron chi connectivity index (χ0n) is 15.2. The fourth-order valence-corrected chi connectivity index (χ4v) is 4.09. The summed E-state index contributed by atoms with van der Waals surface area (Å²) in [5.41, 5.74) is 0.661. The van der Waals surface area contributed by atoms with Crippen LogP contribution in [0.1, 0.15) is 23.3 Å². The van der Waals surface area contributed by atoms with Crippen molar-refractivity contribution in [2.24, 2.45) is 12.5 Å². The van der Waals surface area contributed by atoms with Crippen molar-refractivity contribution < 1.29 is 9.53 Å². The third-order valence-corrected chi connectivity index (χ3v) is 5.39. The maximum absolute atomic E-state index is 13.0. The smallest absolute Gasteiger partial charge is 0.270 e. The number of anilines is 1. The summed E-state index contributed by atoms with van der Waals surface area (Å²) in [5.74, 6) is 0.839. The van der Waals surface area contributed by atoms with Crippen LogP contribution < -0.4 is 4.90 Å². The minimum absolute atomic E-state index is 0.0746. The molecule has 7 heteroatoms. The van der Waals surface area contributed by atoms with Crippen molar-refractivity contribution in [3.63, 3.8) is 0 Å². The molecule has 1 spiro atoms. The molecule has 0 saturated carbocycles. The van der Waals surface area contributed by atoms with E-state index >= 15 is 0 Å². The highest BCUT2D eigenvalue weighted by atomic mass is 16.5. The molecule has 0 N–H and O–H groups in total. The molecule has 0 radical (unpaired) electrons. The average Bonchev–Trinajstić information content (AvgIpc) is 3.00. The van der Waals surface area contributed by atoms with Gasteiger partial charge >= 0.3 is 0 Å². The van der Waals surface area contributed by atoms with Gasteiger partial charge < -0.3 is 19.1 Å². The minimum Gasteiger partial charge on any atom is -0.379 e. The Kier molecular flexibility index (Phi) is 4.63. The van der Waals surface area contributed by atoms with E-state index < -0.39 is 0 Å². The van der Waals surface area contributed by atoms with Gasteiger partial charge in [0.15, 0.2) is 0 Å². The Morgan fingerprint density at radius 2 is 2.04 bits per heavy atom. The highest BCUT2D eigenvalue weighted by molar-refractivity contribution is 5.92. The molecular formula is C19H25N5O2. The van der Waals surface area contributed by atoms with Crippen molar-refractivity contribution in [2.75, 3.05) is 44.3 Å². The van der Waals surface area contributed by atoms with E-state index in [1.807, 2.05) is 40.9 Å². The van der Waals surface area contributed by atoms with Gasteiger partial charge in [-0.25, -0.2) is 9.97 Å². The van der Waals surface area contributed by atoms with Gasteiger partial charge in [-0.3, -0.25) is 4.79 Å². The summed E-state index contributed by atoms with van der Waals surface area (Å²) in [6, 6.07) is 5.63.